The second-order valence-corrected chi connectivity index (χ2v) is 4.45. The zero-order chi connectivity index (χ0) is 12.8. The fourth-order valence-electron chi connectivity index (χ4n) is 1.19. The number of carbonyl (C=O) groups excluding carboxylic acids is 1. The zero-order valence-corrected chi connectivity index (χ0v) is 10.5. The van der Waals surface area contributed by atoms with E-state index in [0.29, 0.717) is 13.0 Å². The minimum absolute atomic E-state index is 0.306. The number of aromatic nitrogens is 1. The van der Waals surface area contributed by atoms with E-state index in [0.717, 1.165) is 10.7 Å². The van der Waals surface area contributed by atoms with Crippen LogP contribution in [-0.4, -0.2) is 28.1 Å². The number of amides is 2. The first-order valence-corrected chi connectivity index (χ1v) is 6.09. The van der Waals surface area contributed by atoms with Crippen molar-refractivity contribution in [1.29, 1.82) is 0 Å². The van der Waals surface area contributed by atoms with E-state index in [4.69, 9.17) is 5.11 Å². The maximum atomic E-state index is 11.4. The summed E-state index contributed by atoms with van der Waals surface area (Å²) in [6.45, 7) is 3.88. The van der Waals surface area contributed by atoms with Crippen LogP contribution >= 0.6 is 11.3 Å². The highest BCUT2D eigenvalue weighted by Crippen LogP contribution is 2.07. The number of carboxylic acid groups (broad SMARTS) is 1. The van der Waals surface area contributed by atoms with Gasteiger partial charge in [0.05, 0.1) is 6.54 Å². The standard InChI is InChI=1S/C10H15N3O3S/c1-3-7(9(14)15)13-10(16)11-4-8-12-6(2)5-17-8/h5,7H,3-4H2,1-2H3,(H,14,15)(H2,11,13,16)/t7-/m0/s1. The quantitative estimate of drug-likeness (QED) is 0.737. The second-order valence-electron chi connectivity index (χ2n) is 3.51. The molecule has 3 N–H and O–H groups in total. The highest BCUT2D eigenvalue weighted by atomic mass is 32.1. The third-order valence-corrected chi connectivity index (χ3v) is 3.05. The highest BCUT2D eigenvalue weighted by Gasteiger charge is 2.17. The van der Waals surface area contributed by atoms with Crippen molar-refractivity contribution >= 4 is 23.3 Å². The maximum Gasteiger partial charge on any atom is 0.326 e. The number of nitrogens with one attached hydrogen (secondary N) is 2. The van der Waals surface area contributed by atoms with Crippen LogP contribution in [0, 0.1) is 6.92 Å². The average molecular weight is 257 g/mol. The molecule has 6 nitrogen and oxygen atoms in total. The fraction of sp³-hybridized carbons (Fsp3) is 0.500. The van der Waals surface area contributed by atoms with Crippen molar-refractivity contribution in [2.75, 3.05) is 0 Å². The van der Waals surface area contributed by atoms with Gasteiger partial charge in [-0.1, -0.05) is 6.92 Å². The van der Waals surface area contributed by atoms with E-state index in [-0.39, 0.29) is 0 Å². The van der Waals surface area contributed by atoms with E-state index in [9.17, 15) is 9.59 Å². The molecule has 1 aromatic heterocycles. The zero-order valence-electron chi connectivity index (χ0n) is 9.69. The molecule has 0 fully saturated rings. The first-order valence-electron chi connectivity index (χ1n) is 5.21. The molecule has 0 bridgehead atoms. The van der Waals surface area contributed by atoms with Crippen LogP contribution in [0.25, 0.3) is 0 Å². The van der Waals surface area contributed by atoms with Gasteiger partial charge >= 0.3 is 12.0 Å². The molecular formula is C10H15N3O3S. The smallest absolute Gasteiger partial charge is 0.326 e. The lowest BCUT2D eigenvalue weighted by molar-refractivity contribution is -0.139. The van der Waals surface area contributed by atoms with Gasteiger partial charge in [-0.05, 0) is 13.3 Å². The summed E-state index contributed by atoms with van der Waals surface area (Å²) in [7, 11) is 0. The molecule has 0 aromatic carbocycles. The van der Waals surface area contributed by atoms with Crippen LogP contribution in [0.2, 0.25) is 0 Å². The summed E-state index contributed by atoms with van der Waals surface area (Å²) in [5.41, 5.74) is 0.907. The summed E-state index contributed by atoms with van der Waals surface area (Å²) in [6.07, 6.45) is 0.346. The summed E-state index contributed by atoms with van der Waals surface area (Å²) < 4.78 is 0. The van der Waals surface area contributed by atoms with Crippen molar-refractivity contribution in [3.8, 4) is 0 Å². The van der Waals surface area contributed by atoms with Gasteiger partial charge in [0.2, 0.25) is 0 Å². The predicted molar refractivity (Wildman–Crippen MR) is 63.9 cm³/mol. The number of aryl methyl sites for hydroxylation is 1. The number of rotatable bonds is 5. The van der Waals surface area contributed by atoms with Crippen molar-refractivity contribution in [3.63, 3.8) is 0 Å². The molecule has 17 heavy (non-hydrogen) atoms. The molecule has 0 radical (unpaired) electrons. The van der Waals surface area contributed by atoms with Gasteiger partial charge in [0, 0.05) is 11.1 Å². The van der Waals surface area contributed by atoms with Crippen molar-refractivity contribution in [2.45, 2.75) is 32.9 Å². The molecule has 2 amide bonds. The summed E-state index contributed by atoms with van der Waals surface area (Å²) in [4.78, 5) is 26.3. The van der Waals surface area contributed by atoms with Gasteiger partial charge in [0.25, 0.3) is 0 Å². The molecule has 1 atom stereocenters. The molecule has 0 aliphatic heterocycles. The molecule has 1 aromatic rings. The van der Waals surface area contributed by atoms with Crippen LogP contribution in [0.3, 0.4) is 0 Å². The number of hydrogen-bond donors (Lipinski definition) is 3. The van der Waals surface area contributed by atoms with Gasteiger partial charge in [-0.3, -0.25) is 0 Å². The van der Waals surface area contributed by atoms with Crippen molar-refractivity contribution < 1.29 is 14.7 Å². The molecule has 0 spiro atoms. The van der Waals surface area contributed by atoms with Crippen molar-refractivity contribution in [3.05, 3.63) is 16.1 Å². The lowest BCUT2D eigenvalue weighted by Gasteiger charge is -2.12. The van der Waals surface area contributed by atoms with Gasteiger partial charge in [-0.2, -0.15) is 0 Å². The van der Waals surface area contributed by atoms with Crippen LogP contribution in [-0.2, 0) is 11.3 Å². The normalized spacial score (nSPS) is 11.9. The van der Waals surface area contributed by atoms with E-state index in [1.807, 2.05) is 12.3 Å². The molecule has 7 heteroatoms. The first kappa shape index (κ1) is 13.4. The van der Waals surface area contributed by atoms with Gasteiger partial charge in [0.1, 0.15) is 11.0 Å². The predicted octanol–water partition coefficient (Wildman–Crippen LogP) is 1.11. The van der Waals surface area contributed by atoms with E-state index in [1.165, 1.54) is 11.3 Å². The Labute approximate surface area is 103 Å². The minimum atomic E-state index is -1.03. The molecule has 1 rings (SSSR count). The highest BCUT2D eigenvalue weighted by molar-refractivity contribution is 7.09. The van der Waals surface area contributed by atoms with Crippen molar-refractivity contribution in [1.82, 2.24) is 15.6 Å². The van der Waals surface area contributed by atoms with E-state index in [2.05, 4.69) is 15.6 Å². The number of nitrogens with zero attached hydrogens (tertiary/aromatic N) is 1. The number of carbonyl (C=O) groups is 2. The van der Waals surface area contributed by atoms with Crippen molar-refractivity contribution in [2.24, 2.45) is 0 Å². The number of carboxylic acids is 1. The van der Waals surface area contributed by atoms with Crippen LogP contribution in [0.4, 0.5) is 4.79 Å². The Morgan fingerprint density at radius 1 is 1.59 bits per heavy atom. The van der Waals surface area contributed by atoms with Crippen LogP contribution in [0.5, 0.6) is 0 Å². The number of aliphatic carboxylic acids is 1. The third-order valence-electron chi connectivity index (χ3n) is 2.08. The fourth-order valence-corrected chi connectivity index (χ4v) is 1.90. The summed E-state index contributed by atoms with van der Waals surface area (Å²) in [5, 5.41) is 16.4. The summed E-state index contributed by atoms with van der Waals surface area (Å²) in [6, 6.07) is -1.35. The number of thiazole rings is 1. The molecule has 0 aliphatic carbocycles. The number of urea groups is 1. The summed E-state index contributed by atoms with van der Waals surface area (Å²) >= 11 is 1.45. The lowest BCUT2D eigenvalue weighted by atomic mass is 10.2. The second kappa shape index (κ2) is 6.19. The number of hydrogen-bond acceptors (Lipinski definition) is 4. The monoisotopic (exact) mass is 257 g/mol. The summed E-state index contributed by atoms with van der Waals surface area (Å²) in [5.74, 6) is -1.03. The van der Waals surface area contributed by atoms with Gasteiger partial charge in [0.15, 0.2) is 0 Å². The first-order chi connectivity index (χ1) is 8.02. The Kier molecular flexibility index (Phi) is 4.89. The molecule has 0 aliphatic rings. The van der Waals surface area contributed by atoms with Gasteiger partial charge < -0.3 is 15.7 Å². The molecule has 94 valence electrons. The van der Waals surface area contributed by atoms with Crippen LogP contribution in [0.15, 0.2) is 5.38 Å². The largest absolute Gasteiger partial charge is 0.480 e. The Morgan fingerprint density at radius 3 is 2.76 bits per heavy atom. The lowest BCUT2D eigenvalue weighted by Crippen LogP contribution is -2.45. The Bertz CT molecular complexity index is 405. The Balaban J connectivity index is 2.37. The van der Waals surface area contributed by atoms with E-state index < -0.39 is 18.0 Å². The third kappa shape index (κ3) is 4.39. The van der Waals surface area contributed by atoms with Crippen LogP contribution in [0.1, 0.15) is 24.0 Å². The molecule has 0 saturated carbocycles. The van der Waals surface area contributed by atoms with E-state index in [1.54, 1.807) is 6.92 Å². The topological polar surface area (TPSA) is 91.3 Å². The molecule has 1 heterocycles. The van der Waals surface area contributed by atoms with E-state index >= 15 is 0 Å². The average Bonchev–Trinajstić information content (AvgIpc) is 2.68. The van der Waals surface area contributed by atoms with Gasteiger partial charge in [-0.25, -0.2) is 14.6 Å². The minimum Gasteiger partial charge on any atom is -0.480 e. The Morgan fingerprint density at radius 2 is 2.29 bits per heavy atom. The molecule has 0 saturated heterocycles. The van der Waals surface area contributed by atoms with Gasteiger partial charge in [-0.15, -0.1) is 11.3 Å². The van der Waals surface area contributed by atoms with Crippen LogP contribution < -0.4 is 10.6 Å². The Hall–Kier alpha value is -1.63. The molecule has 0 unspecified atom stereocenters. The maximum absolute atomic E-state index is 11.4. The SMILES string of the molecule is CC[C@H](NC(=O)NCc1nc(C)cs1)C(=O)O. The molecular weight excluding hydrogens is 242 g/mol.